The first-order valence-electron chi connectivity index (χ1n) is 5.99. The molecule has 1 aromatic heterocycles. The summed E-state index contributed by atoms with van der Waals surface area (Å²) in [6.07, 6.45) is 0.939. The summed E-state index contributed by atoms with van der Waals surface area (Å²) in [5.74, 6) is 0. The number of rotatable bonds is 1. The first-order chi connectivity index (χ1) is 8.83. The number of fused-ring (bicyclic) bond motifs is 1. The van der Waals surface area contributed by atoms with Crippen molar-refractivity contribution in [3.63, 3.8) is 0 Å². The van der Waals surface area contributed by atoms with Crippen LogP contribution in [0.1, 0.15) is 11.1 Å². The van der Waals surface area contributed by atoms with Crippen molar-refractivity contribution >= 4 is 22.4 Å². The van der Waals surface area contributed by atoms with E-state index in [2.05, 4.69) is 23.5 Å². The lowest BCUT2D eigenvalue weighted by molar-refractivity contribution is 0.206. The Labute approximate surface area is 110 Å². The highest BCUT2D eigenvalue weighted by Gasteiger charge is 2.20. The Morgan fingerprint density at radius 3 is 2.78 bits per heavy atom. The normalized spacial score (nSPS) is 14.1. The average Bonchev–Trinajstić information content (AvgIpc) is 2.91. The van der Waals surface area contributed by atoms with E-state index in [-0.39, 0.29) is 6.03 Å². The molecule has 0 unspecified atom stereocenters. The fourth-order valence-corrected chi connectivity index (χ4v) is 2.81. The number of anilines is 1. The van der Waals surface area contributed by atoms with Crippen molar-refractivity contribution < 1.29 is 4.79 Å². The second kappa shape index (κ2) is 4.82. The van der Waals surface area contributed by atoms with Crippen LogP contribution < -0.4 is 5.32 Å². The van der Waals surface area contributed by atoms with Crippen LogP contribution in [0.4, 0.5) is 9.80 Å². The van der Waals surface area contributed by atoms with Gasteiger partial charge in [-0.25, -0.2) is 4.79 Å². The quantitative estimate of drug-likeness (QED) is 0.836. The van der Waals surface area contributed by atoms with Crippen LogP contribution in [-0.4, -0.2) is 17.5 Å². The van der Waals surface area contributed by atoms with Crippen molar-refractivity contribution in [2.75, 3.05) is 11.9 Å². The lowest BCUT2D eigenvalue weighted by atomic mass is 10.0. The maximum Gasteiger partial charge on any atom is 0.322 e. The van der Waals surface area contributed by atoms with E-state index >= 15 is 0 Å². The van der Waals surface area contributed by atoms with Gasteiger partial charge in [0.15, 0.2) is 0 Å². The molecule has 3 nitrogen and oxygen atoms in total. The van der Waals surface area contributed by atoms with Crippen LogP contribution in [0.3, 0.4) is 0 Å². The summed E-state index contributed by atoms with van der Waals surface area (Å²) in [6, 6.07) is 12.2. The second-order valence-corrected chi connectivity index (χ2v) is 5.30. The molecule has 0 atom stereocenters. The number of carbonyl (C=O) groups excluding carboxylic acids is 1. The molecule has 2 heterocycles. The number of urea groups is 1. The zero-order valence-electron chi connectivity index (χ0n) is 9.93. The molecule has 1 N–H and O–H groups in total. The highest BCUT2D eigenvalue weighted by atomic mass is 32.1. The lowest BCUT2D eigenvalue weighted by Crippen LogP contribution is -2.38. The number of hydrogen-bond acceptors (Lipinski definition) is 2. The minimum absolute atomic E-state index is 0.00745. The van der Waals surface area contributed by atoms with Gasteiger partial charge in [-0.15, -0.1) is 11.3 Å². The Balaban J connectivity index is 1.70. The minimum Gasteiger partial charge on any atom is -0.320 e. The van der Waals surface area contributed by atoms with E-state index in [1.54, 1.807) is 11.3 Å². The summed E-state index contributed by atoms with van der Waals surface area (Å²) in [5, 5.41) is 5.79. The van der Waals surface area contributed by atoms with E-state index in [0.29, 0.717) is 6.54 Å². The van der Waals surface area contributed by atoms with Gasteiger partial charge in [-0.1, -0.05) is 24.3 Å². The topological polar surface area (TPSA) is 32.3 Å². The molecule has 1 aliphatic heterocycles. The number of thiophene rings is 1. The van der Waals surface area contributed by atoms with Gasteiger partial charge in [0.05, 0.1) is 5.00 Å². The lowest BCUT2D eigenvalue weighted by Gasteiger charge is -2.28. The zero-order valence-corrected chi connectivity index (χ0v) is 10.7. The van der Waals surface area contributed by atoms with Crippen molar-refractivity contribution in [3.8, 4) is 0 Å². The molecule has 0 fully saturated rings. The van der Waals surface area contributed by atoms with Gasteiger partial charge in [0.2, 0.25) is 0 Å². The molecular formula is C14H14N2OS. The molecule has 0 bridgehead atoms. The van der Waals surface area contributed by atoms with E-state index in [1.165, 1.54) is 11.1 Å². The summed E-state index contributed by atoms with van der Waals surface area (Å²) in [5.41, 5.74) is 2.61. The van der Waals surface area contributed by atoms with Gasteiger partial charge in [0, 0.05) is 13.1 Å². The molecule has 0 saturated heterocycles. The minimum atomic E-state index is -0.00745. The van der Waals surface area contributed by atoms with Gasteiger partial charge < -0.3 is 4.90 Å². The third-order valence-electron chi connectivity index (χ3n) is 3.17. The number of nitrogens with zero attached hydrogens (tertiary/aromatic N) is 1. The Hall–Kier alpha value is -1.81. The third-order valence-corrected chi connectivity index (χ3v) is 3.95. The van der Waals surface area contributed by atoms with Gasteiger partial charge in [0.1, 0.15) is 0 Å². The molecule has 3 rings (SSSR count). The monoisotopic (exact) mass is 258 g/mol. The molecule has 0 saturated carbocycles. The van der Waals surface area contributed by atoms with Crippen LogP contribution in [-0.2, 0) is 13.0 Å². The Bertz CT molecular complexity index is 551. The van der Waals surface area contributed by atoms with Gasteiger partial charge in [-0.05, 0) is 35.1 Å². The van der Waals surface area contributed by atoms with E-state index < -0.39 is 0 Å². The fraction of sp³-hybridized carbons (Fsp3) is 0.214. The predicted octanol–water partition coefficient (Wildman–Crippen LogP) is 3.34. The molecule has 0 spiro atoms. The first kappa shape index (κ1) is 11.3. The number of benzene rings is 1. The number of nitrogens with one attached hydrogen (secondary N) is 1. The highest BCUT2D eigenvalue weighted by molar-refractivity contribution is 7.14. The molecule has 1 aromatic carbocycles. The molecule has 2 amide bonds. The summed E-state index contributed by atoms with van der Waals surface area (Å²) in [7, 11) is 0. The zero-order chi connectivity index (χ0) is 12.4. The van der Waals surface area contributed by atoms with Crippen LogP contribution in [0, 0.1) is 0 Å². The molecule has 0 aliphatic carbocycles. The Morgan fingerprint density at radius 1 is 1.17 bits per heavy atom. The predicted molar refractivity (Wildman–Crippen MR) is 73.9 cm³/mol. The van der Waals surface area contributed by atoms with Crippen molar-refractivity contribution in [2.45, 2.75) is 13.0 Å². The smallest absolute Gasteiger partial charge is 0.320 e. The van der Waals surface area contributed by atoms with Gasteiger partial charge in [0.25, 0.3) is 0 Å². The van der Waals surface area contributed by atoms with Crippen molar-refractivity contribution in [2.24, 2.45) is 0 Å². The van der Waals surface area contributed by atoms with E-state index in [4.69, 9.17) is 0 Å². The molecule has 92 valence electrons. The van der Waals surface area contributed by atoms with Crippen molar-refractivity contribution in [1.29, 1.82) is 0 Å². The van der Waals surface area contributed by atoms with Crippen molar-refractivity contribution in [3.05, 3.63) is 52.9 Å². The van der Waals surface area contributed by atoms with Gasteiger partial charge >= 0.3 is 6.03 Å². The maximum absolute atomic E-state index is 12.1. The summed E-state index contributed by atoms with van der Waals surface area (Å²) >= 11 is 1.54. The Morgan fingerprint density at radius 2 is 2.00 bits per heavy atom. The van der Waals surface area contributed by atoms with Crippen LogP contribution in [0.15, 0.2) is 41.8 Å². The number of hydrogen-bond donors (Lipinski definition) is 1. The summed E-state index contributed by atoms with van der Waals surface area (Å²) in [4.78, 5) is 14.0. The molecule has 4 heteroatoms. The van der Waals surface area contributed by atoms with Crippen LogP contribution in [0.25, 0.3) is 0 Å². The van der Waals surface area contributed by atoms with Gasteiger partial charge in [-0.3, -0.25) is 5.32 Å². The summed E-state index contributed by atoms with van der Waals surface area (Å²) < 4.78 is 0. The maximum atomic E-state index is 12.1. The van der Waals surface area contributed by atoms with Gasteiger partial charge in [-0.2, -0.15) is 0 Å². The van der Waals surface area contributed by atoms with E-state index in [1.807, 2.05) is 28.5 Å². The number of carbonyl (C=O) groups is 1. The van der Waals surface area contributed by atoms with Crippen LogP contribution >= 0.6 is 11.3 Å². The van der Waals surface area contributed by atoms with Crippen LogP contribution in [0.2, 0.25) is 0 Å². The highest BCUT2D eigenvalue weighted by Crippen LogP contribution is 2.20. The molecule has 2 aromatic rings. The largest absolute Gasteiger partial charge is 0.322 e. The van der Waals surface area contributed by atoms with E-state index in [0.717, 1.165) is 18.0 Å². The number of amides is 2. The van der Waals surface area contributed by atoms with E-state index in [9.17, 15) is 4.79 Å². The second-order valence-electron chi connectivity index (χ2n) is 4.35. The molecular weight excluding hydrogens is 244 g/mol. The molecule has 1 aliphatic rings. The first-order valence-corrected chi connectivity index (χ1v) is 6.87. The van der Waals surface area contributed by atoms with Crippen LogP contribution in [0.5, 0.6) is 0 Å². The Kier molecular flexibility index (Phi) is 3.02. The molecule has 18 heavy (non-hydrogen) atoms. The van der Waals surface area contributed by atoms with Crippen molar-refractivity contribution in [1.82, 2.24) is 4.90 Å². The standard InChI is InChI=1S/C14H14N2OS/c17-14(15-13-6-3-9-18-13)16-8-7-11-4-1-2-5-12(11)10-16/h1-6,9H,7-8,10H2,(H,15,17). The molecule has 0 radical (unpaired) electrons. The average molecular weight is 258 g/mol. The third kappa shape index (κ3) is 2.24. The SMILES string of the molecule is O=C(Nc1cccs1)N1CCc2ccccc2C1. The fourth-order valence-electron chi connectivity index (χ4n) is 2.20. The summed E-state index contributed by atoms with van der Waals surface area (Å²) in [6.45, 7) is 1.49.